The number of anilines is 2. The highest BCUT2D eigenvalue weighted by Gasteiger charge is 2.30. The van der Waals surface area contributed by atoms with Gasteiger partial charge in [-0.15, -0.1) is 0 Å². The zero-order chi connectivity index (χ0) is 20.4. The number of carbonyl (C=O) groups is 1. The fraction of sp³-hybridized carbons (Fsp3) is 0.182. The van der Waals surface area contributed by atoms with Gasteiger partial charge in [0, 0.05) is 25.0 Å². The Morgan fingerprint density at radius 1 is 0.966 bits per heavy atom. The maximum absolute atomic E-state index is 12.8. The van der Waals surface area contributed by atoms with E-state index in [-0.39, 0.29) is 5.91 Å². The number of carbonyl (C=O) groups excluding carboxylic acids is 1. The van der Waals surface area contributed by atoms with Crippen molar-refractivity contribution in [3.05, 3.63) is 89.1 Å². The average molecular weight is 397 g/mol. The highest BCUT2D eigenvalue weighted by Crippen LogP contribution is 2.30. The Balaban J connectivity index is 1.42. The number of alkyl halides is 3. The van der Waals surface area contributed by atoms with E-state index in [1.54, 1.807) is 17.0 Å². The van der Waals surface area contributed by atoms with Gasteiger partial charge in [0.15, 0.2) is 0 Å². The second kappa shape index (κ2) is 7.58. The van der Waals surface area contributed by atoms with Gasteiger partial charge in [-0.1, -0.05) is 24.3 Å². The number of nitrogens with zero attached hydrogens (tertiary/aromatic N) is 2. The fourth-order valence-electron chi connectivity index (χ4n) is 3.34. The number of amides is 1. The summed E-state index contributed by atoms with van der Waals surface area (Å²) in [6.45, 7) is 1.22. The van der Waals surface area contributed by atoms with Crippen molar-refractivity contribution >= 4 is 17.4 Å². The number of rotatable bonds is 3. The minimum atomic E-state index is -4.37. The number of halogens is 3. The van der Waals surface area contributed by atoms with Gasteiger partial charge in [0.05, 0.1) is 11.1 Å². The molecule has 1 aliphatic rings. The van der Waals surface area contributed by atoms with Gasteiger partial charge in [-0.3, -0.25) is 4.79 Å². The van der Waals surface area contributed by atoms with Crippen LogP contribution in [0.5, 0.6) is 0 Å². The second-order valence-corrected chi connectivity index (χ2v) is 6.88. The molecule has 2 aromatic carbocycles. The molecular weight excluding hydrogens is 379 g/mol. The third-order valence-corrected chi connectivity index (χ3v) is 4.91. The Morgan fingerprint density at radius 2 is 1.69 bits per heavy atom. The first kappa shape index (κ1) is 19.0. The number of benzene rings is 2. The first-order chi connectivity index (χ1) is 13.9. The average Bonchev–Trinajstić information content (AvgIpc) is 2.73. The molecule has 0 atom stereocenters. The van der Waals surface area contributed by atoms with Crippen molar-refractivity contribution in [1.29, 1.82) is 0 Å². The molecule has 0 fully saturated rings. The number of nitrogens with one attached hydrogen (secondary N) is 1. The van der Waals surface area contributed by atoms with Crippen LogP contribution in [0.15, 0.2) is 66.9 Å². The van der Waals surface area contributed by atoms with E-state index in [4.69, 9.17) is 0 Å². The van der Waals surface area contributed by atoms with Gasteiger partial charge < -0.3 is 10.2 Å². The van der Waals surface area contributed by atoms with Crippen LogP contribution in [0, 0.1) is 0 Å². The van der Waals surface area contributed by atoms with Crippen LogP contribution >= 0.6 is 0 Å². The van der Waals surface area contributed by atoms with Crippen molar-refractivity contribution < 1.29 is 18.0 Å². The van der Waals surface area contributed by atoms with Crippen LogP contribution in [0.1, 0.15) is 27.0 Å². The summed E-state index contributed by atoms with van der Waals surface area (Å²) in [5, 5.41) is 2.94. The predicted octanol–water partition coefficient (Wildman–Crippen LogP) is 5.04. The lowest BCUT2D eigenvalue weighted by Crippen LogP contribution is -2.35. The monoisotopic (exact) mass is 397 g/mol. The summed E-state index contributed by atoms with van der Waals surface area (Å²) >= 11 is 0. The second-order valence-electron chi connectivity index (χ2n) is 6.88. The first-order valence-electron chi connectivity index (χ1n) is 9.16. The van der Waals surface area contributed by atoms with E-state index in [1.807, 2.05) is 18.2 Å². The van der Waals surface area contributed by atoms with Gasteiger partial charge in [-0.2, -0.15) is 13.2 Å². The standard InChI is InChI=1S/C22H18F3N3O/c23-22(24,25)18-6-8-19(9-7-18)27-20-10-5-16(13-26-20)21(29)28-12-11-15-3-1-2-4-17(15)14-28/h1-10,13H,11-12,14H2,(H,26,27). The first-order valence-corrected chi connectivity index (χ1v) is 9.16. The van der Waals surface area contributed by atoms with Crippen molar-refractivity contribution in [1.82, 2.24) is 9.88 Å². The maximum atomic E-state index is 12.8. The van der Waals surface area contributed by atoms with Gasteiger partial charge in [0.1, 0.15) is 5.82 Å². The van der Waals surface area contributed by atoms with E-state index < -0.39 is 11.7 Å². The Labute approximate surface area is 166 Å². The van der Waals surface area contributed by atoms with Crippen LogP contribution in [0.2, 0.25) is 0 Å². The zero-order valence-corrected chi connectivity index (χ0v) is 15.4. The maximum Gasteiger partial charge on any atom is 0.416 e. The molecule has 1 N–H and O–H groups in total. The van der Waals surface area contributed by atoms with E-state index in [2.05, 4.69) is 16.4 Å². The molecule has 0 radical (unpaired) electrons. The van der Waals surface area contributed by atoms with E-state index >= 15 is 0 Å². The largest absolute Gasteiger partial charge is 0.416 e. The van der Waals surface area contributed by atoms with Crippen molar-refractivity contribution in [2.24, 2.45) is 0 Å². The van der Waals surface area contributed by atoms with E-state index in [9.17, 15) is 18.0 Å². The zero-order valence-electron chi connectivity index (χ0n) is 15.4. The van der Waals surface area contributed by atoms with Crippen LogP contribution in [-0.4, -0.2) is 22.3 Å². The van der Waals surface area contributed by atoms with Crippen LogP contribution < -0.4 is 5.32 Å². The lowest BCUT2D eigenvalue weighted by atomic mass is 9.99. The molecule has 0 saturated heterocycles. The fourth-order valence-corrected chi connectivity index (χ4v) is 3.34. The molecule has 0 bridgehead atoms. The Kier molecular flexibility index (Phi) is 4.96. The van der Waals surface area contributed by atoms with E-state index in [1.165, 1.54) is 23.9 Å². The highest BCUT2D eigenvalue weighted by atomic mass is 19.4. The molecule has 1 aromatic heterocycles. The van der Waals surface area contributed by atoms with Crippen LogP contribution in [0.3, 0.4) is 0 Å². The summed E-state index contributed by atoms with van der Waals surface area (Å²) < 4.78 is 37.9. The van der Waals surface area contributed by atoms with Gasteiger partial charge in [0.25, 0.3) is 5.91 Å². The lowest BCUT2D eigenvalue weighted by molar-refractivity contribution is -0.137. The molecule has 4 nitrogen and oxygen atoms in total. The molecule has 1 amide bonds. The Bertz CT molecular complexity index is 1010. The predicted molar refractivity (Wildman–Crippen MR) is 104 cm³/mol. The molecule has 148 valence electrons. The Morgan fingerprint density at radius 3 is 2.34 bits per heavy atom. The van der Waals surface area contributed by atoms with Gasteiger partial charge in [-0.25, -0.2) is 4.98 Å². The molecular formula is C22H18F3N3O. The minimum Gasteiger partial charge on any atom is -0.340 e. The summed E-state index contributed by atoms with van der Waals surface area (Å²) in [5.41, 5.74) is 2.67. The normalized spacial score (nSPS) is 13.7. The molecule has 0 unspecified atom stereocenters. The number of pyridine rings is 1. The number of fused-ring (bicyclic) bond motifs is 1. The molecule has 3 aromatic rings. The summed E-state index contributed by atoms with van der Waals surface area (Å²) in [7, 11) is 0. The van der Waals surface area contributed by atoms with Crippen LogP contribution in [0.4, 0.5) is 24.7 Å². The quantitative estimate of drug-likeness (QED) is 0.673. The molecule has 29 heavy (non-hydrogen) atoms. The van der Waals surface area contributed by atoms with Gasteiger partial charge >= 0.3 is 6.18 Å². The van der Waals surface area contributed by atoms with Gasteiger partial charge in [0.2, 0.25) is 0 Å². The van der Waals surface area contributed by atoms with E-state index in [0.717, 1.165) is 24.1 Å². The molecule has 0 aliphatic carbocycles. The highest BCUT2D eigenvalue weighted by molar-refractivity contribution is 5.94. The van der Waals surface area contributed by atoms with Crippen molar-refractivity contribution in [2.45, 2.75) is 19.1 Å². The summed E-state index contributed by atoms with van der Waals surface area (Å²) in [6, 6.07) is 16.1. The molecule has 0 spiro atoms. The smallest absolute Gasteiger partial charge is 0.340 e. The molecule has 4 rings (SSSR count). The molecule has 7 heteroatoms. The third kappa shape index (κ3) is 4.23. The summed E-state index contributed by atoms with van der Waals surface area (Å²) in [4.78, 5) is 18.8. The van der Waals surface area contributed by atoms with Crippen LogP contribution in [-0.2, 0) is 19.1 Å². The molecule has 0 saturated carbocycles. The summed E-state index contributed by atoms with van der Waals surface area (Å²) in [5.74, 6) is 0.360. The topological polar surface area (TPSA) is 45.2 Å². The lowest BCUT2D eigenvalue weighted by Gasteiger charge is -2.28. The Hall–Kier alpha value is -3.35. The SMILES string of the molecule is O=C(c1ccc(Nc2ccc(C(F)(F)F)cc2)nc1)N1CCc2ccccc2C1. The number of hydrogen-bond donors (Lipinski definition) is 1. The minimum absolute atomic E-state index is 0.0897. The van der Waals surface area contributed by atoms with E-state index in [0.29, 0.717) is 30.2 Å². The van der Waals surface area contributed by atoms with Crippen molar-refractivity contribution in [2.75, 3.05) is 11.9 Å². The molecule has 2 heterocycles. The third-order valence-electron chi connectivity index (χ3n) is 4.91. The number of hydrogen-bond acceptors (Lipinski definition) is 3. The van der Waals surface area contributed by atoms with Crippen LogP contribution in [0.25, 0.3) is 0 Å². The van der Waals surface area contributed by atoms with Crippen molar-refractivity contribution in [3.8, 4) is 0 Å². The van der Waals surface area contributed by atoms with Gasteiger partial charge in [-0.05, 0) is 53.9 Å². The number of aromatic nitrogens is 1. The molecule has 1 aliphatic heterocycles. The summed E-state index contributed by atoms with van der Waals surface area (Å²) in [6.07, 6.45) is -2.06. The van der Waals surface area contributed by atoms with Crippen molar-refractivity contribution in [3.63, 3.8) is 0 Å².